The highest BCUT2D eigenvalue weighted by Gasteiger charge is 2.29. The summed E-state index contributed by atoms with van der Waals surface area (Å²) in [4.78, 5) is 20.8. The number of hydrogen-bond acceptors (Lipinski definition) is 4. The highest BCUT2D eigenvalue weighted by molar-refractivity contribution is 9.09. The zero-order valence-corrected chi connectivity index (χ0v) is 10.2. The number of non-ortho nitro benzene ring substituents is 1. The Morgan fingerprint density at radius 2 is 2.12 bits per heavy atom. The molecule has 1 amide bonds. The van der Waals surface area contributed by atoms with E-state index in [-0.39, 0.29) is 23.2 Å². The minimum Gasteiger partial charge on any atom is -0.447 e. The molecule has 17 heavy (non-hydrogen) atoms. The molecular weight excluding hydrogens is 292 g/mol. The lowest BCUT2D eigenvalue weighted by atomic mass is 10.1. The number of alkyl halides is 1. The lowest BCUT2D eigenvalue weighted by molar-refractivity contribution is -0.384. The summed E-state index contributed by atoms with van der Waals surface area (Å²) in [5, 5.41) is 13.1. The number of carbonyl (C=O) groups is 1. The molecule has 1 N–H and O–H groups in total. The van der Waals surface area contributed by atoms with E-state index in [1.54, 1.807) is 12.1 Å². The highest BCUT2D eigenvalue weighted by atomic mass is 79.9. The van der Waals surface area contributed by atoms with Gasteiger partial charge in [-0.25, -0.2) is 4.79 Å². The van der Waals surface area contributed by atoms with Crippen LogP contribution in [0.5, 0.6) is 0 Å². The number of alkyl carbamates (subject to hydrolysis) is 1. The molecule has 1 fully saturated rings. The molecule has 1 aliphatic heterocycles. The van der Waals surface area contributed by atoms with Gasteiger partial charge in [-0.2, -0.15) is 0 Å². The maximum absolute atomic E-state index is 10.9. The van der Waals surface area contributed by atoms with Crippen LogP contribution in [-0.2, 0) is 4.74 Å². The van der Waals surface area contributed by atoms with Crippen LogP contribution in [-0.4, -0.2) is 23.7 Å². The van der Waals surface area contributed by atoms with E-state index >= 15 is 0 Å². The minimum atomic E-state index is -0.451. The summed E-state index contributed by atoms with van der Waals surface area (Å²) in [6.45, 7) is 0.283. The molecule has 1 aromatic carbocycles. The van der Waals surface area contributed by atoms with E-state index in [1.165, 1.54) is 12.1 Å². The number of rotatable bonds is 3. The van der Waals surface area contributed by atoms with E-state index < -0.39 is 11.0 Å². The van der Waals surface area contributed by atoms with Gasteiger partial charge in [0.05, 0.1) is 15.8 Å². The molecule has 0 spiro atoms. The average Bonchev–Trinajstić information content (AvgIpc) is 2.75. The first-order valence-corrected chi connectivity index (χ1v) is 5.81. The number of hydrogen-bond donors (Lipinski definition) is 1. The zero-order valence-electron chi connectivity index (χ0n) is 8.63. The van der Waals surface area contributed by atoms with Crippen LogP contribution in [0.4, 0.5) is 10.5 Å². The standard InChI is InChI=1S/C10H9BrN2O4/c11-9(8-5-17-10(14)12-8)6-1-3-7(4-2-6)13(15)16/h1-4,8-9H,5H2,(H,12,14)/t8-,9-/m0/s1. The quantitative estimate of drug-likeness (QED) is 0.527. The molecule has 0 saturated carbocycles. The molecule has 0 bridgehead atoms. The van der Waals surface area contributed by atoms with Gasteiger partial charge >= 0.3 is 6.09 Å². The first kappa shape index (κ1) is 11.8. The summed E-state index contributed by atoms with van der Waals surface area (Å²) in [6.07, 6.45) is -0.443. The third-order valence-corrected chi connectivity index (χ3v) is 3.64. The van der Waals surface area contributed by atoms with E-state index in [2.05, 4.69) is 21.2 Å². The van der Waals surface area contributed by atoms with Crippen molar-refractivity contribution in [2.24, 2.45) is 0 Å². The molecule has 1 aliphatic rings. The van der Waals surface area contributed by atoms with Gasteiger partial charge in [0.25, 0.3) is 5.69 Å². The topological polar surface area (TPSA) is 81.5 Å². The largest absolute Gasteiger partial charge is 0.447 e. The van der Waals surface area contributed by atoms with Crippen LogP contribution in [0.1, 0.15) is 10.4 Å². The maximum Gasteiger partial charge on any atom is 0.407 e. The molecule has 90 valence electrons. The second-order valence-electron chi connectivity index (χ2n) is 3.60. The molecule has 1 saturated heterocycles. The van der Waals surface area contributed by atoms with Gasteiger partial charge in [0.1, 0.15) is 6.61 Å². The Bertz CT molecular complexity index is 448. The van der Waals surface area contributed by atoms with Crippen LogP contribution >= 0.6 is 15.9 Å². The molecule has 0 aromatic heterocycles. The van der Waals surface area contributed by atoms with Gasteiger partial charge in [-0.1, -0.05) is 28.1 Å². The van der Waals surface area contributed by atoms with Crippen molar-refractivity contribution in [3.05, 3.63) is 39.9 Å². The molecule has 2 rings (SSSR count). The van der Waals surface area contributed by atoms with Crippen molar-refractivity contribution in [3.8, 4) is 0 Å². The van der Waals surface area contributed by atoms with Gasteiger partial charge in [0, 0.05) is 12.1 Å². The molecule has 0 radical (unpaired) electrons. The lowest BCUT2D eigenvalue weighted by Crippen LogP contribution is -2.29. The average molecular weight is 301 g/mol. The SMILES string of the molecule is O=C1N[C@H]([C@@H](Br)c2ccc([N+](=O)[O-])cc2)CO1. The van der Waals surface area contributed by atoms with Gasteiger partial charge in [-0.3, -0.25) is 10.1 Å². The van der Waals surface area contributed by atoms with E-state index in [1.807, 2.05) is 0 Å². The van der Waals surface area contributed by atoms with Crippen LogP contribution in [0.15, 0.2) is 24.3 Å². The predicted octanol–water partition coefficient (Wildman–Crippen LogP) is 2.14. The van der Waals surface area contributed by atoms with Gasteiger partial charge in [-0.15, -0.1) is 0 Å². The molecular formula is C10H9BrN2O4. The van der Waals surface area contributed by atoms with Crippen molar-refractivity contribution in [2.45, 2.75) is 10.9 Å². The first-order chi connectivity index (χ1) is 8.08. The van der Waals surface area contributed by atoms with Crippen molar-refractivity contribution in [3.63, 3.8) is 0 Å². The Kier molecular flexibility index (Phi) is 3.28. The monoisotopic (exact) mass is 300 g/mol. The van der Waals surface area contributed by atoms with Crippen LogP contribution in [0.3, 0.4) is 0 Å². The van der Waals surface area contributed by atoms with Gasteiger partial charge in [0.15, 0.2) is 0 Å². The van der Waals surface area contributed by atoms with E-state index in [0.717, 1.165) is 5.56 Å². The van der Waals surface area contributed by atoms with Crippen LogP contribution < -0.4 is 5.32 Å². The van der Waals surface area contributed by atoms with Crippen LogP contribution in [0.25, 0.3) is 0 Å². The molecule has 1 aromatic rings. The lowest BCUT2D eigenvalue weighted by Gasteiger charge is -2.15. The van der Waals surface area contributed by atoms with E-state index in [0.29, 0.717) is 0 Å². The molecule has 6 nitrogen and oxygen atoms in total. The number of cyclic esters (lactones) is 1. The number of nitro benzene ring substituents is 1. The van der Waals surface area contributed by atoms with E-state index in [4.69, 9.17) is 4.74 Å². The molecule has 0 aliphatic carbocycles. The third-order valence-electron chi connectivity index (χ3n) is 2.47. The summed E-state index contributed by atoms with van der Waals surface area (Å²) >= 11 is 3.44. The van der Waals surface area contributed by atoms with Crippen molar-refractivity contribution >= 4 is 27.7 Å². The summed E-state index contributed by atoms with van der Waals surface area (Å²) in [6, 6.07) is 6.01. The Labute approximate surface area is 105 Å². The molecule has 7 heteroatoms. The minimum absolute atomic E-state index is 0.0418. The summed E-state index contributed by atoms with van der Waals surface area (Å²) in [5.41, 5.74) is 0.895. The maximum atomic E-state index is 10.9. The summed E-state index contributed by atoms with van der Waals surface area (Å²) in [5.74, 6) is 0. The van der Waals surface area contributed by atoms with Crippen molar-refractivity contribution in [1.82, 2.24) is 5.32 Å². The second-order valence-corrected chi connectivity index (χ2v) is 4.59. The van der Waals surface area contributed by atoms with Crippen molar-refractivity contribution in [2.75, 3.05) is 6.61 Å². The van der Waals surface area contributed by atoms with Gasteiger partial charge in [-0.05, 0) is 5.56 Å². The Morgan fingerprint density at radius 3 is 2.59 bits per heavy atom. The smallest absolute Gasteiger partial charge is 0.407 e. The Morgan fingerprint density at radius 1 is 1.47 bits per heavy atom. The fourth-order valence-electron chi connectivity index (χ4n) is 1.57. The predicted molar refractivity (Wildman–Crippen MR) is 63.0 cm³/mol. The molecule has 1 heterocycles. The van der Waals surface area contributed by atoms with Gasteiger partial charge in [0.2, 0.25) is 0 Å². The third kappa shape index (κ3) is 2.55. The van der Waals surface area contributed by atoms with Crippen molar-refractivity contribution in [1.29, 1.82) is 0 Å². The molecule has 0 unspecified atom stereocenters. The number of nitrogens with zero attached hydrogens (tertiary/aromatic N) is 1. The Balaban J connectivity index is 2.11. The normalized spacial score (nSPS) is 20.5. The van der Waals surface area contributed by atoms with E-state index in [9.17, 15) is 14.9 Å². The number of halogens is 1. The number of amides is 1. The zero-order chi connectivity index (χ0) is 12.4. The fraction of sp³-hybridized carbons (Fsp3) is 0.300. The van der Waals surface area contributed by atoms with Crippen molar-refractivity contribution < 1.29 is 14.5 Å². The summed E-state index contributed by atoms with van der Waals surface area (Å²) < 4.78 is 4.78. The number of nitro groups is 1. The van der Waals surface area contributed by atoms with Crippen LogP contribution in [0.2, 0.25) is 0 Å². The number of ether oxygens (including phenoxy) is 1. The number of nitrogens with one attached hydrogen (secondary N) is 1. The molecule has 2 atom stereocenters. The van der Waals surface area contributed by atoms with Gasteiger partial charge < -0.3 is 10.1 Å². The summed E-state index contributed by atoms with van der Waals surface area (Å²) in [7, 11) is 0. The first-order valence-electron chi connectivity index (χ1n) is 4.89. The number of carbonyl (C=O) groups excluding carboxylic acids is 1. The second kappa shape index (κ2) is 4.70. The fourth-order valence-corrected chi connectivity index (χ4v) is 2.16. The van der Waals surface area contributed by atoms with Crippen LogP contribution in [0, 0.1) is 10.1 Å². The highest BCUT2D eigenvalue weighted by Crippen LogP contribution is 2.29. The Hall–Kier alpha value is -1.63. The number of benzene rings is 1.